The Labute approximate surface area is 101 Å². The molecule has 1 aromatic heterocycles. The van der Waals surface area contributed by atoms with Gasteiger partial charge in [0.2, 0.25) is 0 Å². The second-order valence-corrected chi connectivity index (χ2v) is 4.19. The van der Waals surface area contributed by atoms with E-state index in [1.165, 1.54) is 0 Å². The van der Waals surface area contributed by atoms with E-state index < -0.39 is 0 Å². The summed E-state index contributed by atoms with van der Waals surface area (Å²) < 4.78 is 1.79. The minimum absolute atomic E-state index is 0.124. The van der Waals surface area contributed by atoms with Crippen molar-refractivity contribution in [2.45, 2.75) is 39.8 Å². The van der Waals surface area contributed by atoms with Crippen LogP contribution in [0.2, 0.25) is 5.02 Å². The Bertz CT molecular complexity index is 387. The first-order valence-electron chi connectivity index (χ1n) is 5.43. The first-order chi connectivity index (χ1) is 7.51. The number of ketones is 1. The number of rotatable bonds is 5. The van der Waals surface area contributed by atoms with Crippen LogP contribution in [0.3, 0.4) is 0 Å². The highest BCUT2D eigenvalue weighted by Crippen LogP contribution is 2.21. The van der Waals surface area contributed by atoms with Crippen molar-refractivity contribution >= 4 is 17.4 Å². The summed E-state index contributed by atoms with van der Waals surface area (Å²) in [6.45, 7) is 6.40. The van der Waals surface area contributed by atoms with Crippen LogP contribution in [0.5, 0.6) is 0 Å². The predicted octanol–water partition coefficient (Wildman–Crippen LogP) is 1.58. The highest BCUT2D eigenvalue weighted by Gasteiger charge is 2.18. The van der Waals surface area contributed by atoms with Crippen LogP contribution in [-0.2, 0) is 17.8 Å². The van der Waals surface area contributed by atoms with Crippen molar-refractivity contribution in [3.05, 3.63) is 16.4 Å². The van der Waals surface area contributed by atoms with Gasteiger partial charge in [-0.25, -0.2) is 0 Å². The lowest BCUT2D eigenvalue weighted by Crippen LogP contribution is -2.32. The molecule has 0 aliphatic rings. The first-order valence-corrected chi connectivity index (χ1v) is 5.80. The second kappa shape index (κ2) is 5.46. The number of aryl methyl sites for hydroxylation is 2. The van der Waals surface area contributed by atoms with Crippen LogP contribution in [0.1, 0.15) is 25.2 Å². The van der Waals surface area contributed by atoms with Gasteiger partial charge in [0, 0.05) is 6.54 Å². The molecule has 0 amide bonds. The van der Waals surface area contributed by atoms with E-state index in [0.717, 1.165) is 17.9 Å². The molecule has 1 aromatic rings. The summed E-state index contributed by atoms with van der Waals surface area (Å²) in [5.41, 5.74) is 1.59. The normalized spacial score (nSPS) is 12.8. The molecular weight excluding hydrogens is 226 g/mol. The van der Waals surface area contributed by atoms with E-state index in [4.69, 9.17) is 11.6 Å². The third-order valence-corrected chi connectivity index (χ3v) is 3.20. The van der Waals surface area contributed by atoms with Crippen LogP contribution in [0.25, 0.3) is 0 Å². The van der Waals surface area contributed by atoms with Gasteiger partial charge in [-0.3, -0.25) is 9.48 Å². The van der Waals surface area contributed by atoms with Gasteiger partial charge in [-0.05, 0) is 27.8 Å². The number of carbonyl (C=O) groups is 1. The van der Waals surface area contributed by atoms with Crippen molar-refractivity contribution in [3.63, 3.8) is 0 Å². The van der Waals surface area contributed by atoms with Crippen molar-refractivity contribution < 1.29 is 4.79 Å². The van der Waals surface area contributed by atoms with E-state index in [-0.39, 0.29) is 11.8 Å². The Morgan fingerprint density at radius 3 is 2.75 bits per heavy atom. The number of halogens is 1. The molecule has 0 fully saturated rings. The molecule has 0 radical (unpaired) electrons. The quantitative estimate of drug-likeness (QED) is 0.854. The fourth-order valence-electron chi connectivity index (χ4n) is 1.52. The molecule has 1 rings (SSSR count). The molecule has 0 aliphatic heterocycles. The molecule has 1 heterocycles. The maximum atomic E-state index is 11.8. The fraction of sp³-hybridized carbons (Fsp3) is 0.636. The van der Waals surface area contributed by atoms with Crippen molar-refractivity contribution in [1.82, 2.24) is 15.1 Å². The van der Waals surface area contributed by atoms with Gasteiger partial charge in [0.25, 0.3) is 0 Å². The fourth-order valence-corrected chi connectivity index (χ4v) is 1.72. The molecule has 1 unspecified atom stereocenters. The minimum atomic E-state index is -0.156. The molecule has 0 bridgehead atoms. The molecule has 5 heteroatoms. The molecule has 0 aromatic carbocycles. The molecule has 0 saturated carbocycles. The van der Waals surface area contributed by atoms with E-state index in [2.05, 4.69) is 10.4 Å². The van der Waals surface area contributed by atoms with Gasteiger partial charge in [-0.2, -0.15) is 5.10 Å². The summed E-state index contributed by atoms with van der Waals surface area (Å²) >= 11 is 6.13. The third-order valence-electron chi connectivity index (χ3n) is 2.71. The van der Waals surface area contributed by atoms with Crippen LogP contribution in [-0.4, -0.2) is 28.7 Å². The predicted molar refractivity (Wildman–Crippen MR) is 64.9 cm³/mol. The maximum absolute atomic E-state index is 11.8. The van der Waals surface area contributed by atoms with Crippen LogP contribution >= 0.6 is 11.6 Å². The summed E-state index contributed by atoms with van der Waals surface area (Å²) in [5.74, 6) is 0.124. The molecule has 1 N–H and O–H groups in total. The number of nitrogens with zero attached hydrogens (tertiary/aromatic N) is 2. The minimum Gasteiger partial charge on any atom is -0.311 e. The smallest absolute Gasteiger partial charge is 0.155 e. The highest BCUT2D eigenvalue weighted by molar-refractivity contribution is 6.32. The Morgan fingerprint density at radius 2 is 2.25 bits per heavy atom. The van der Waals surface area contributed by atoms with Crippen LogP contribution < -0.4 is 5.32 Å². The van der Waals surface area contributed by atoms with Gasteiger partial charge >= 0.3 is 0 Å². The molecule has 16 heavy (non-hydrogen) atoms. The van der Waals surface area contributed by atoms with E-state index in [1.54, 1.807) is 11.7 Å². The van der Waals surface area contributed by atoms with Crippen molar-refractivity contribution in [1.29, 1.82) is 0 Å². The monoisotopic (exact) mass is 243 g/mol. The summed E-state index contributed by atoms with van der Waals surface area (Å²) in [7, 11) is 1.77. The molecule has 1 atom stereocenters. The van der Waals surface area contributed by atoms with Crippen molar-refractivity contribution in [3.8, 4) is 0 Å². The Kier molecular flexibility index (Phi) is 4.50. The topological polar surface area (TPSA) is 46.9 Å². The highest BCUT2D eigenvalue weighted by atomic mass is 35.5. The summed E-state index contributed by atoms with van der Waals surface area (Å²) in [6.07, 6.45) is 0.329. The number of hydrogen-bond donors (Lipinski definition) is 1. The molecule has 90 valence electrons. The molecule has 0 aliphatic carbocycles. The van der Waals surface area contributed by atoms with Gasteiger partial charge in [-0.1, -0.05) is 11.6 Å². The zero-order valence-electron chi connectivity index (χ0n) is 10.2. The van der Waals surface area contributed by atoms with Crippen LogP contribution in [0.4, 0.5) is 0 Å². The Balaban J connectivity index is 2.92. The Morgan fingerprint density at radius 1 is 1.62 bits per heavy atom. The molecule has 0 spiro atoms. The van der Waals surface area contributed by atoms with Gasteiger partial charge in [0.05, 0.1) is 28.9 Å². The largest absolute Gasteiger partial charge is 0.311 e. The maximum Gasteiger partial charge on any atom is 0.155 e. The summed E-state index contributed by atoms with van der Waals surface area (Å²) in [4.78, 5) is 11.8. The van der Waals surface area contributed by atoms with E-state index in [9.17, 15) is 4.79 Å². The molecule has 4 nitrogen and oxygen atoms in total. The number of aromatic nitrogens is 2. The van der Waals surface area contributed by atoms with Gasteiger partial charge in [-0.15, -0.1) is 0 Å². The first kappa shape index (κ1) is 13.2. The van der Waals surface area contributed by atoms with E-state index in [1.807, 2.05) is 20.8 Å². The number of nitrogens with one attached hydrogen (secondary N) is 1. The lowest BCUT2D eigenvalue weighted by Gasteiger charge is -2.10. The van der Waals surface area contributed by atoms with Gasteiger partial charge < -0.3 is 5.32 Å². The standard InChI is InChI=1S/C11H18ClN3O/c1-5-15-9(11(12)8(3)14-15)6-10(16)7(2)13-4/h7,13H,5-6H2,1-4H3. The van der Waals surface area contributed by atoms with Crippen molar-refractivity contribution in [2.75, 3.05) is 7.05 Å². The number of hydrogen-bond acceptors (Lipinski definition) is 3. The number of Topliss-reactive ketones (excluding diaryl/α,β-unsaturated/α-hetero) is 1. The van der Waals surface area contributed by atoms with E-state index in [0.29, 0.717) is 11.4 Å². The third kappa shape index (κ3) is 2.62. The Hall–Kier alpha value is -0.870. The zero-order chi connectivity index (χ0) is 12.3. The molecule has 0 saturated heterocycles. The number of likely N-dealkylation sites (N-methyl/N-ethyl adjacent to an activating group) is 1. The summed E-state index contributed by atoms with van der Waals surface area (Å²) in [6, 6.07) is -0.156. The lowest BCUT2D eigenvalue weighted by molar-refractivity contribution is -0.120. The van der Waals surface area contributed by atoms with Gasteiger partial charge in [0.1, 0.15) is 0 Å². The summed E-state index contributed by atoms with van der Waals surface area (Å²) in [5, 5.41) is 7.82. The van der Waals surface area contributed by atoms with Gasteiger partial charge in [0.15, 0.2) is 5.78 Å². The van der Waals surface area contributed by atoms with Crippen LogP contribution in [0, 0.1) is 6.92 Å². The van der Waals surface area contributed by atoms with E-state index >= 15 is 0 Å². The lowest BCUT2D eigenvalue weighted by atomic mass is 10.1. The zero-order valence-corrected chi connectivity index (χ0v) is 10.9. The molecular formula is C11H18ClN3O. The SMILES string of the molecule is CCn1nc(C)c(Cl)c1CC(=O)C(C)NC. The van der Waals surface area contributed by atoms with Crippen LogP contribution in [0.15, 0.2) is 0 Å². The average Bonchev–Trinajstić information content (AvgIpc) is 2.55. The number of carbonyl (C=O) groups excluding carboxylic acids is 1. The second-order valence-electron chi connectivity index (χ2n) is 3.82. The van der Waals surface area contributed by atoms with Crippen molar-refractivity contribution in [2.24, 2.45) is 0 Å². The average molecular weight is 244 g/mol.